The number of hydrogen-bond acceptors (Lipinski definition) is 4. The zero-order valence-electron chi connectivity index (χ0n) is 15.5. The van der Waals surface area contributed by atoms with Crippen molar-refractivity contribution in [2.24, 2.45) is 5.92 Å². The molecule has 1 aliphatic rings. The molecule has 4 rings (SSSR count). The summed E-state index contributed by atoms with van der Waals surface area (Å²) in [5, 5.41) is 3.02. The molecule has 1 aromatic carbocycles. The molecule has 0 aliphatic carbocycles. The maximum absolute atomic E-state index is 12.6. The number of imidazole rings is 1. The molecule has 3 heterocycles. The second-order valence-electron chi connectivity index (χ2n) is 6.92. The number of hydrogen-bond donors (Lipinski definition) is 1. The number of pyridine rings is 1. The van der Waals surface area contributed by atoms with E-state index in [1.165, 1.54) is 5.69 Å². The number of para-hydroxylation sites is 2. The lowest BCUT2D eigenvalue weighted by Gasteiger charge is -2.31. The smallest absolute Gasteiger partial charge is 0.227 e. The lowest BCUT2D eigenvalue weighted by Crippen LogP contribution is -2.38. The molecule has 2 aromatic heterocycles. The Hall–Kier alpha value is -2.86. The Labute approximate surface area is 158 Å². The number of nitrogens with one attached hydrogen (secondary N) is 1. The molecule has 6 heteroatoms. The number of methoxy groups -OCH3 is 1. The third kappa shape index (κ3) is 3.80. The van der Waals surface area contributed by atoms with Crippen LogP contribution in [0, 0.1) is 5.92 Å². The van der Waals surface area contributed by atoms with Crippen LogP contribution in [0.15, 0.2) is 54.9 Å². The van der Waals surface area contributed by atoms with Gasteiger partial charge >= 0.3 is 0 Å². The number of piperidine rings is 1. The van der Waals surface area contributed by atoms with Crippen molar-refractivity contribution in [3.8, 4) is 5.75 Å². The van der Waals surface area contributed by atoms with Gasteiger partial charge in [-0.3, -0.25) is 9.69 Å². The molecular weight excluding hydrogens is 340 g/mol. The van der Waals surface area contributed by atoms with Crippen LogP contribution < -0.4 is 10.1 Å². The SMILES string of the molecule is COc1ccccc1NC(=O)C1CCN(Cc2cnc3ccccn23)CC1. The third-order valence-corrected chi connectivity index (χ3v) is 5.20. The molecule has 1 aliphatic heterocycles. The molecule has 140 valence electrons. The van der Waals surface area contributed by atoms with Crippen LogP contribution >= 0.6 is 0 Å². The van der Waals surface area contributed by atoms with E-state index in [1.54, 1.807) is 7.11 Å². The van der Waals surface area contributed by atoms with Crippen molar-refractivity contribution in [2.75, 3.05) is 25.5 Å². The fourth-order valence-electron chi connectivity index (χ4n) is 3.67. The molecule has 1 saturated heterocycles. The minimum absolute atomic E-state index is 0.0355. The number of fused-ring (bicyclic) bond motifs is 1. The van der Waals surface area contributed by atoms with Crippen LogP contribution in [0.1, 0.15) is 18.5 Å². The minimum atomic E-state index is 0.0355. The first-order valence-corrected chi connectivity index (χ1v) is 9.32. The van der Waals surface area contributed by atoms with Crippen molar-refractivity contribution >= 4 is 17.2 Å². The van der Waals surface area contributed by atoms with E-state index in [9.17, 15) is 4.79 Å². The second kappa shape index (κ2) is 7.80. The van der Waals surface area contributed by atoms with Gasteiger partial charge in [-0.25, -0.2) is 4.98 Å². The van der Waals surface area contributed by atoms with Crippen LogP contribution in [0.4, 0.5) is 5.69 Å². The summed E-state index contributed by atoms with van der Waals surface area (Å²) >= 11 is 0. The van der Waals surface area contributed by atoms with Gasteiger partial charge in [0.25, 0.3) is 0 Å². The fourth-order valence-corrected chi connectivity index (χ4v) is 3.67. The van der Waals surface area contributed by atoms with Gasteiger partial charge in [-0.2, -0.15) is 0 Å². The monoisotopic (exact) mass is 364 g/mol. The lowest BCUT2D eigenvalue weighted by atomic mass is 9.95. The summed E-state index contributed by atoms with van der Waals surface area (Å²) in [6.07, 6.45) is 5.70. The van der Waals surface area contributed by atoms with Crippen LogP contribution in [-0.2, 0) is 11.3 Å². The van der Waals surface area contributed by atoms with Gasteiger partial charge in [0.05, 0.1) is 24.7 Å². The molecule has 0 atom stereocenters. The molecule has 0 radical (unpaired) electrons. The summed E-state index contributed by atoms with van der Waals surface area (Å²) in [4.78, 5) is 19.5. The van der Waals surface area contributed by atoms with Crippen molar-refractivity contribution in [3.05, 3.63) is 60.6 Å². The molecule has 6 nitrogen and oxygen atoms in total. The number of nitrogens with zero attached hydrogens (tertiary/aromatic N) is 3. The Balaban J connectivity index is 1.34. The lowest BCUT2D eigenvalue weighted by molar-refractivity contribution is -0.121. The van der Waals surface area contributed by atoms with Gasteiger partial charge in [0, 0.05) is 18.7 Å². The number of likely N-dealkylation sites (tertiary alicyclic amines) is 1. The molecule has 1 N–H and O–H groups in total. The van der Waals surface area contributed by atoms with Crippen LogP contribution in [0.3, 0.4) is 0 Å². The molecule has 3 aromatic rings. The zero-order valence-corrected chi connectivity index (χ0v) is 15.5. The topological polar surface area (TPSA) is 58.9 Å². The van der Waals surface area contributed by atoms with E-state index < -0.39 is 0 Å². The highest BCUT2D eigenvalue weighted by Crippen LogP contribution is 2.26. The molecule has 0 spiro atoms. The Morgan fingerprint density at radius 1 is 1.19 bits per heavy atom. The summed E-state index contributed by atoms with van der Waals surface area (Å²) in [5.41, 5.74) is 2.89. The Bertz CT molecular complexity index is 929. The number of ether oxygens (including phenoxy) is 1. The predicted molar refractivity (Wildman–Crippen MR) is 105 cm³/mol. The third-order valence-electron chi connectivity index (χ3n) is 5.20. The highest BCUT2D eigenvalue weighted by atomic mass is 16.5. The van der Waals surface area contributed by atoms with E-state index in [-0.39, 0.29) is 11.8 Å². The summed E-state index contributed by atoms with van der Waals surface area (Å²) in [5.74, 6) is 0.804. The van der Waals surface area contributed by atoms with Crippen molar-refractivity contribution in [1.82, 2.24) is 14.3 Å². The highest BCUT2D eigenvalue weighted by Gasteiger charge is 2.26. The zero-order chi connectivity index (χ0) is 18.6. The first-order valence-electron chi connectivity index (χ1n) is 9.32. The summed E-state index contributed by atoms with van der Waals surface area (Å²) in [7, 11) is 1.61. The van der Waals surface area contributed by atoms with Crippen LogP contribution in [0.5, 0.6) is 5.75 Å². The quantitative estimate of drug-likeness (QED) is 0.755. The van der Waals surface area contributed by atoms with Crippen LogP contribution in [0.2, 0.25) is 0 Å². The largest absolute Gasteiger partial charge is 0.495 e. The van der Waals surface area contributed by atoms with E-state index in [0.29, 0.717) is 5.75 Å². The number of rotatable bonds is 5. The molecule has 1 fully saturated rings. The van der Waals surface area contributed by atoms with Gasteiger partial charge in [0.15, 0.2) is 0 Å². The number of anilines is 1. The van der Waals surface area contributed by atoms with E-state index in [4.69, 9.17) is 4.74 Å². The number of carbonyl (C=O) groups is 1. The number of benzene rings is 1. The average Bonchev–Trinajstić information content (AvgIpc) is 3.12. The normalized spacial score (nSPS) is 15.7. The second-order valence-corrected chi connectivity index (χ2v) is 6.92. The van der Waals surface area contributed by atoms with Crippen molar-refractivity contribution in [3.63, 3.8) is 0 Å². The maximum atomic E-state index is 12.6. The summed E-state index contributed by atoms with van der Waals surface area (Å²) in [6.45, 7) is 2.67. The number of aromatic nitrogens is 2. The van der Waals surface area contributed by atoms with Crippen LogP contribution in [0.25, 0.3) is 5.65 Å². The van der Waals surface area contributed by atoms with Crippen LogP contribution in [-0.4, -0.2) is 40.4 Å². The minimum Gasteiger partial charge on any atom is -0.495 e. The van der Waals surface area contributed by atoms with Gasteiger partial charge in [-0.05, 0) is 50.2 Å². The molecular formula is C21H24N4O2. The summed E-state index contributed by atoms with van der Waals surface area (Å²) < 4.78 is 7.44. The van der Waals surface area contributed by atoms with Gasteiger partial charge < -0.3 is 14.5 Å². The average molecular weight is 364 g/mol. The maximum Gasteiger partial charge on any atom is 0.227 e. The van der Waals surface area contributed by atoms with E-state index >= 15 is 0 Å². The van der Waals surface area contributed by atoms with Crippen molar-refractivity contribution in [1.29, 1.82) is 0 Å². The molecule has 0 unspecified atom stereocenters. The van der Waals surface area contributed by atoms with E-state index in [1.807, 2.05) is 54.9 Å². The van der Waals surface area contributed by atoms with E-state index in [0.717, 1.165) is 43.8 Å². The Morgan fingerprint density at radius 2 is 1.96 bits per heavy atom. The Kier molecular flexibility index (Phi) is 5.07. The molecule has 0 bridgehead atoms. The standard InChI is InChI=1S/C21H24N4O2/c1-27-19-7-3-2-6-18(19)23-21(26)16-9-12-24(13-10-16)15-17-14-22-20-8-4-5-11-25(17)20/h2-8,11,14,16H,9-10,12-13,15H2,1H3,(H,23,26). The first-order chi connectivity index (χ1) is 13.2. The van der Waals surface area contributed by atoms with Crippen molar-refractivity contribution < 1.29 is 9.53 Å². The predicted octanol–water partition coefficient (Wildman–Crippen LogP) is 3.19. The van der Waals surface area contributed by atoms with E-state index in [2.05, 4.69) is 19.6 Å². The first kappa shape index (κ1) is 17.5. The molecule has 27 heavy (non-hydrogen) atoms. The van der Waals surface area contributed by atoms with Gasteiger partial charge in [-0.15, -0.1) is 0 Å². The Morgan fingerprint density at radius 3 is 2.78 bits per heavy atom. The van der Waals surface area contributed by atoms with Gasteiger partial charge in [0.1, 0.15) is 11.4 Å². The number of carbonyl (C=O) groups excluding carboxylic acids is 1. The molecule has 1 amide bonds. The van der Waals surface area contributed by atoms with Crippen molar-refractivity contribution in [2.45, 2.75) is 19.4 Å². The highest BCUT2D eigenvalue weighted by molar-refractivity contribution is 5.94. The fraction of sp³-hybridized carbons (Fsp3) is 0.333. The van der Waals surface area contributed by atoms with Gasteiger partial charge in [0.2, 0.25) is 5.91 Å². The molecule has 0 saturated carbocycles. The number of amides is 1. The van der Waals surface area contributed by atoms with Gasteiger partial charge in [-0.1, -0.05) is 18.2 Å². The summed E-state index contributed by atoms with van der Waals surface area (Å²) in [6, 6.07) is 13.6.